The minimum atomic E-state index is -3.25. The van der Waals surface area contributed by atoms with Crippen molar-refractivity contribution in [3.8, 4) is 0 Å². The minimum absolute atomic E-state index is 0.500. The van der Waals surface area contributed by atoms with E-state index in [1.54, 1.807) is 4.31 Å². The van der Waals surface area contributed by atoms with Gasteiger partial charge in [0.1, 0.15) is 0 Å². The number of hydrogen-bond donors (Lipinski definition) is 2. The molecule has 0 bridgehead atoms. The highest BCUT2D eigenvalue weighted by molar-refractivity contribution is 7.87. The van der Waals surface area contributed by atoms with Crippen molar-refractivity contribution in [3.05, 3.63) is 0 Å². The minimum Gasteiger partial charge on any atom is -0.314 e. The summed E-state index contributed by atoms with van der Waals surface area (Å²) in [6.45, 7) is 7.19. The molecule has 0 spiro atoms. The molecular weight excluding hydrogens is 286 g/mol. The fourth-order valence-corrected chi connectivity index (χ4v) is 4.12. The zero-order valence-corrected chi connectivity index (χ0v) is 14.3. The Morgan fingerprint density at radius 2 is 1.76 bits per heavy atom. The van der Waals surface area contributed by atoms with Gasteiger partial charge >= 0.3 is 0 Å². The van der Waals surface area contributed by atoms with Crippen molar-refractivity contribution in [1.82, 2.24) is 14.3 Å². The van der Waals surface area contributed by atoms with E-state index in [9.17, 15) is 8.42 Å². The lowest BCUT2D eigenvalue weighted by Crippen LogP contribution is -2.46. The first kappa shape index (κ1) is 17.2. The zero-order chi connectivity index (χ0) is 15.3. The molecule has 0 aromatic rings. The van der Waals surface area contributed by atoms with Crippen molar-refractivity contribution in [2.45, 2.75) is 58.4 Å². The third-order valence-electron chi connectivity index (χ3n) is 4.50. The molecule has 6 heteroatoms. The summed E-state index contributed by atoms with van der Waals surface area (Å²) in [7, 11) is -3.25. The molecule has 1 saturated heterocycles. The SMILES string of the molecule is CC(C)NCC1CCN(S(=O)(=O)NCCCC2CC2)CC1. The molecule has 1 heterocycles. The van der Waals surface area contributed by atoms with Crippen molar-refractivity contribution in [2.75, 3.05) is 26.2 Å². The van der Waals surface area contributed by atoms with Crippen molar-refractivity contribution in [3.63, 3.8) is 0 Å². The van der Waals surface area contributed by atoms with Crippen LogP contribution in [0, 0.1) is 11.8 Å². The lowest BCUT2D eigenvalue weighted by molar-refractivity contribution is 0.261. The van der Waals surface area contributed by atoms with Crippen LogP contribution in [-0.2, 0) is 10.2 Å². The maximum absolute atomic E-state index is 12.2. The van der Waals surface area contributed by atoms with E-state index in [1.165, 1.54) is 19.3 Å². The summed E-state index contributed by atoms with van der Waals surface area (Å²) in [5.74, 6) is 1.48. The van der Waals surface area contributed by atoms with Gasteiger partial charge in [-0.2, -0.15) is 12.7 Å². The molecule has 1 saturated carbocycles. The van der Waals surface area contributed by atoms with E-state index in [2.05, 4.69) is 23.9 Å². The second-order valence-electron chi connectivity index (χ2n) is 6.89. The normalized spacial score (nSPS) is 22.0. The topological polar surface area (TPSA) is 61.4 Å². The lowest BCUT2D eigenvalue weighted by atomic mass is 9.98. The van der Waals surface area contributed by atoms with Gasteiger partial charge < -0.3 is 5.32 Å². The number of rotatable bonds is 9. The zero-order valence-electron chi connectivity index (χ0n) is 13.5. The smallest absolute Gasteiger partial charge is 0.279 e. The summed E-state index contributed by atoms with van der Waals surface area (Å²) < 4.78 is 28.8. The number of nitrogens with zero attached hydrogens (tertiary/aromatic N) is 1. The average molecular weight is 317 g/mol. The summed E-state index contributed by atoms with van der Waals surface area (Å²) in [5, 5.41) is 3.44. The van der Waals surface area contributed by atoms with Crippen LogP contribution in [0.1, 0.15) is 52.4 Å². The maximum Gasteiger partial charge on any atom is 0.279 e. The van der Waals surface area contributed by atoms with E-state index in [0.29, 0.717) is 31.6 Å². The summed E-state index contributed by atoms with van der Waals surface area (Å²) in [6, 6.07) is 0.500. The van der Waals surface area contributed by atoms with Gasteiger partial charge in [-0.1, -0.05) is 26.7 Å². The first-order chi connectivity index (χ1) is 9.97. The van der Waals surface area contributed by atoms with Crippen molar-refractivity contribution < 1.29 is 8.42 Å². The first-order valence-electron chi connectivity index (χ1n) is 8.45. The monoisotopic (exact) mass is 317 g/mol. The molecule has 2 rings (SSSR count). The van der Waals surface area contributed by atoms with Crippen molar-refractivity contribution >= 4 is 10.2 Å². The first-order valence-corrected chi connectivity index (χ1v) is 9.89. The van der Waals surface area contributed by atoms with E-state index in [1.807, 2.05) is 0 Å². The molecule has 21 heavy (non-hydrogen) atoms. The maximum atomic E-state index is 12.2. The van der Waals surface area contributed by atoms with E-state index in [-0.39, 0.29) is 0 Å². The molecule has 0 aromatic carbocycles. The van der Waals surface area contributed by atoms with Gasteiger partial charge in [-0.15, -0.1) is 0 Å². The highest BCUT2D eigenvalue weighted by Gasteiger charge is 2.27. The second kappa shape index (κ2) is 7.90. The molecule has 124 valence electrons. The predicted octanol–water partition coefficient (Wildman–Crippen LogP) is 1.72. The van der Waals surface area contributed by atoms with Gasteiger partial charge in [0.2, 0.25) is 0 Å². The van der Waals surface area contributed by atoms with Gasteiger partial charge in [0, 0.05) is 25.7 Å². The summed E-state index contributed by atoms with van der Waals surface area (Å²) >= 11 is 0. The van der Waals surface area contributed by atoms with Crippen LogP contribution < -0.4 is 10.0 Å². The summed E-state index contributed by atoms with van der Waals surface area (Å²) in [6.07, 6.45) is 6.74. The van der Waals surface area contributed by atoms with Crippen LogP contribution in [0.25, 0.3) is 0 Å². The molecule has 1 aliphatic carbocycles. The molecule has 2 aliphatic rings. The number of nitrogens with one attached hydrogen (secondary N) is 2. The highest BCUT2D eigenvalue weighted by atomic mass is 32.2. The molecule has 2 N–H and O–H groups in total. The summed E-state index contributed by atoms with van der Waals surface area (Å²) in [4.78, 5) is 0. The Kier molecular flexibility index (Phi) is 6.47. The molecule has 0 radical (unpaired) electrons. The molecule has 0 aromatic heterocycles. The fraction of sp³-hybridized carbons (Fsp3) is 1.00. The Hall–Kier alpha value is -0.170. The number of hydrogen-bond acceptors (Lipinski definition) is 3. The van der Waals surface area contributed by atoms with Gasteiger partial charge in [0.25, 0.3) is 10.2 Å². The van der Waals surface area contributed by atoms with Crippen LogP contribution in [0.2, 0.25) is 0 Å². The summed E-state index contributed by atoms with van der Waals surface area (Å²) in [5.41, 5.74) is 0. The Morgan fingerprint density at radius 1 is 1.10 bits per heavy atom. The Morgan fingerprint density at radius 3 is 2.33 bits per heavy atom. The molecule has 5 nitrogen and oxygen atoms in total. The average Bonchev–Trinajstić information content (AvgIpc) is 3.26. The molecular formula is C15H31N3O2S. The van der Waals surface area contributed by atoms with Crippen LogP contribution >= 0.6 is 0 Å². The van der Waals surface area contributed by atoms with Gasteiger partial charge in [0.05, 0.1) is 0 Å². The molecule has 0 atom stereocenters. The van der Waals surface area contributed by atoms with Crippen molar-refractivity contribution in [2.24, 2.45) is 11.8 Å². The van der Waals surface area contributed by atoms with E-state index >= 15 is 0 Å². The van der Waals surface area contributed by atoms with E-state index in [0.717, 1.165) is 31.7 Å². The second-order valence-corrected chi connectivity index (χ2v) is 8.65. The van der Waals surface area contributed by atoms with Crippen LogP contribution in [0.3, 0.4) is 0 Å². The van der Waals surface area contributed by atoms with Gasteiger partial charge in [-0.05, 0) is 44.1 Å². The molecule has 2 fully saturated rings. The third kappa shape index (κ3) is 6.22. The van der Waals surface area contributed by atoms with Crippen LogP contribution in [0.15, 0.2) is 0 Å². The third-order valence-corrected chi connectivity index (χ3v) is 6.11. The Labute approximate surface area is 130 Å². The van der Waals surface area contributed by atoms with Crippen LogP contribution in [-0.4, -0.2) is 44.9 Å². The quantitative estimate of drug-likeness (QED) is 0.637. The Bertz CT molecular complexity index is 399. The van der Waals surface area contributed by atoms with E-state index in [4.69, 9.17) is 0 Å². The molecule has 0 unspecified atom stereocenters. The number of piperidine rings is 1. The van der Waals surface area contributed by atoms with Gasteiger partial charge in [-0.3, -0.25) is 0 Å². The van der Waals surface area contributed by atoms with Gasteiger partial charge in [0.15, 0.2) is 0 Å². The molecule has 1 aliphatic heterocycles. The predicted molar refractivity (Wildman–Crippen MR) is 86.3 cm³/mol. The molecule has 0 amide bonds. The van der Waals surface area contributed by atoms with Crippen LogP contribution in [0.5, 0.6) is 0 Å². The largest absolute Gasteiger partial charge is 0.314 e. The highest BCUT2D eigenvalue weighted by Crippen LogP contribution is 2.33. The lowest BCUT2D eigenvalue weighted by Gasteiger charge is -2.31. The van der Waals surface area contributed by atoms with Crippen molar-refractivity contribution in [1.29, 1.82) is 0 Å². The Balaban J connectivity index is 1.64. The van der Waals surface area contributed by atoms with E-state index < -0.39 is 10.2 Å². The van der Waals surface area contributed by atoms with Gasteiger partial charge in [-0.25, -0.2) is 4.72 Å². The van der Waals surface area contributed by atoms with Crippen LogP contribution in [0.4, 0.5) is 0 Å². The fourth-order valence-electron chi connectivity index (χ4n) is 2.85. The standard InChI is InChI=1S/C15H31N3O2S/c1-13(2)16-12-15-7-10-18(11-8-15)21(19,20)17-9-3-4-14-5-6-14/h13-17H,3-12H2,1-2H3.